The van der Waals surface area contributed by atoms with E-state index < -0.39 is 0 Å². The van der Waals surface area contributed by atoms with Crippen LogP contribution in [0.15, 0.2) is 22.0 Å². The molecule has 1 nitrogen and oxygen atoms in total. The van der Waals surface area contributed by atoms with Crippen molar-refractivity contribution in [3.8, 4) is 0 Å². The number of Topliss-reactive ketones (excluding diaryl/α,β-unsaturated/α-hetero) is 1. The molecule has 0 aromatic heterocycles. The van der Waals surface area contributed by atoms with E-state index in [1.165, 1.54) is 30.6 Å². The first kappa shape index (κ1) is 24.5. The van der Waals surface area contributed by atoms with Gasteiger partial charge in [-0.3, -0.25) is 4.79 Å². The lowest BCUT2D eigenvalue weighted by molar-refractivity contribution is -0.112. The fourth-order valence-electron chi connectivity index (χ4n) is 1.30. The minimum Gasteiger partial charge on any atom is -0.294 e. The summed E-state index contributed by atoms with van der Waals surface area (Å²) in [5.74, 6) is 0.178. The van der Waals surface area contributed by atoms with Crippen molar-refractivity contribution < 1.29 is 4.79 Å². The monoisotopic (exact) mass is 300 g/mol. The molecule has 1 heterocycles. The zero-order valence-electron chi connectivity index (χ0n) is 15.0. The second kappa shape index (κ2) is 20.8. The summed E-state index contributed by atoms with van der Waals surface area (Å²) in [6, 6.07) is 0. The molecule has 0 bridgehead atoms. The first-order chi connectivity index (χ1) is 9.61. The zero-order chi connectivity index (χ0) is 16.4. The van der Waals surface area contributed by atoms with E-state index in [-0.39, 0.29) is 5.78 Å². The molecule has 1 aliphatic rings. The van der Waals surface area contributed by atoms with Crippen molar-refractivity contribution in [2.24, 2.45) is 0 Å². The summed E-state index contributed by atoms with van der Waals surface area (Å²) >= 11 is 1.57. The molecular formula is C18H36OS. The quantitative estimate of drug-likeness (QED) is 0.513. The van der Waals surface area contributed by atoms with Gasteiger partial charge in [0.2, 0.25) is 0 Å². The highest BCUT2D eigenvalue weighted by atomic mass is 32.2. The molecule has 0 radical (unpaired) electrons. The van der Waals surface area contributed by atoms with Gasteiger partial charge in [0.1, 0.15) is 0 Å². The van der Waals surface area contributed by atoms with E-state index in [0.29, 0.717) is 0 Å². The third-order valence-electron chi connectivity index (χ3n) is 2.28. The second-order valence-corrected chi connectivity index (χ2v) is 5.27. The molecule has 0 N–H and O–H groups in total. The lowest BCUT2D eigenvalue weighted by atomic mass is 10.2. The van der Waals surface area contributed by atoms with Gasteiger partial charge in [0, 0.05) is 0 Å². The van der Waals surface area contributed by atoms with Gasteiger partial charge in [-0.25, -0.2) is 0 Å². The largest absolute Gasteiger partial charge is 0.294 e. The lowest BCUT2D eigenvalue weighted by Crippen LogP contribution is -1.94. The summed E-state index contributed by atoms with van der Waals surface area (Å²) in [6.45, 7) is 16.1. The van der Waals surface area contributed by atoms with Crippen molar-refractivity contribution in [3.63, 3.8) is 0 Å². The Morgan fingerprint density at radius 1 is 1.05 bits per heavy atom. The second-order valence-electron chi connectivity index (χ2n) is 3.98. The average molecular weight is 301 g/mol. The van der Waals surface area contributed by atoms with Crippen LogP contribution in [0.3, 0.4) is 0 Å². The molecule has 2 heteroatoms. The van der Waals surface area contributed by atoms with Crippen LogP contribution in [-0.2, 0) is 4.79 Å². The Kier molecular flexibility index (Phi) is 25.5. The molecule has 0 saturated carbocycles. The van der Waals surface area contributed by atoms with Crippen molar-refractivity contribution in [3.05, 3.63) is 22.0 Å². The molecule has 0 spiro atoms. The number of ketones is 1. The van der Waals surface area contributed by atoms with Crippen LogP contribution in [0.4, 0.5) is 0 Å². The van der Waals surface area contributed by atoms with E-state index in [1.807, 2.05) is 40.7 Å². The van der Waals surface area contributed by atoms with Crippen LogP contribution >= 0.6 is 11.8 Å². The summed E-state index contributed by atoms with van der Waals surface area (Å²) in [5.41, 5.74) is 0. The first-order valence-electron chi connectivity index (χ1n) is 8.17. The maximum atomic E-state index is 10.8. The predicted octanol–water partition coefficient (Wildman–Crippen LogP) is 7.14. The van der Waals surface area contributed by atoms with E-state index >= 15 is 0 Å². The number of unbranched alkanes of at least 4 members (excludes halogenated alkanes) is 3. The van der Waals surface area contributed by atoms with Crippen LogP contribution in [-0.4, -0.2) is 5.78 Å². The van der Waals surface area contributed by atoms with Gasteiger partial charge in [-0.2, -0.15) is 0 Å². The van der Waals surface area contributed by atoms with Crippen LogP contribution < -0.4 is 0 Å². The van der Waals surface area contributed by atoms with Gasteiger partial charge >= 0.3 is 0 Å². The fraction of sp³-hybridized carbons (Fsp3) is 0.722. The zero-order valence-corrected chi connectivity index (χ0v) is 15.8. The van der Waals surface area contributed by atoms with Gasteiger partial charge in [0.25, 0.3) is 0 Å². The molecule has 20 heavy (non-hydrogen) atoms. The van der Waals surface area contributed by atoms with Crippen LogP contribution in [0.5, 0.6) is 0 Å². The highest BCUT2D eigenvalue weighted by Gasteiger charge is 2.07. The predicted molar refractivity (Wildman–Crippen MR) is 97.2 cm³/mol. The van der Waals surface area contributed by atoms with Gasteiger partial charge in [-0.1, -0.05) is 91.1 Å². The Morgan fingerprint density at radius 2 is 1.50 bits per heavy atom. The molecule has 120 valence electrons. The molecule has 0 unspecified atom stereocenters. The van der Waals surface area contributed by atoms with Crippen LogP contribution in [0, 0.1) is 0 Å². The highest BCUT2D eigenvalue weighted by molar-refractivity contribution is 8.07. The summed E-state index contributed by atoms with van der Waals surface area (Å²) in [7, 11) is 0. The number of allylic oxidation sites excluding steroid dienone is 4. The maximum absolute atomic E-state index is 10.8. The molecule has 0 aliphatic carbocycles. The van der Waals surface area contributed by atoms with Crippen LogP contribution in [0.1, 0.15) is 87.5 Å². The number of thioether (sulfide) groups is 1. The Bertz CT molecular complexity index is 261. The Balaban J connectivity index is -0.000000250. The number of rotatable bonds is 4. The molecule has 0 saturated heterocycles. The minimum atomic E-state index is 0.178. The highest BCUT2D eigenvalue weighted by Crippen LogP contribution is 2.29. The standard InChI is InChI=1S/C8H10OS.C6H14.2C2H6/c1-6-4-3-5-8(10-6)7(2)9;1-3-5-6-4-2;2*1-2/h4-5H,3H2,1-2H3;3-6H2,1-2H3;2*1-2H3. The van der Waals surface area contributed by atoms with Gasteiger partial charge in [0.05, 0.1) is 4.91 Å². The number of carbonyl (C=O) groups excluding carboxylic acids is 1. The van der Waals surface area contributed by atoms with E-state index in [1.54, 1.807) is 18.7 Å². The van der Waals surface area contributed by atoms with Gasteiger partial charge in [-0.05, 0) is 25.2 Å². The molecule has 0 fully saturated rings. The smallest absolute Gasteiger partial charge is 0.166 e. The van der Waals surface area contributed by atoms with E-state index in [0.717, 1.165) is 11.3 Å². The summed E-state index contributed by atoms with van der Waals surface area (Å²) in [6.07, 6.45) is 10.5. The van der Waals surface area contributed by atoms with E-state index in [2.05, 4.69) is 19.9 Å². The van der Waals surface area contributed by atoms with Gasteiger partial charge < -0.3 is 0 Å². The first-order valence-corrected chi connectivity index (χ1v) is 8.99. The Labute approximate surface area is 132 Å². The minimum absolute atomic E-state index is 0.178. The van der Waals surface area contributed by atoms with Gasteiger partial charge in [0.15, 0.2) is 5.78 Å². The van der Waals surface area contributed by atoms with Crippen molar-refractivity contribution in [1.82, 2.24) is 0 Å². The Morgan fingerprint density at radius 3 is 1.75 bits per heavy atom. The van der Waals surface area contributed by atoms with Gasteiger partial charge in [-0.15, -0.1) is 0 Å². The lowest BCUT2D eigenvalue weighted by Gasteiger charge is -2.07. The topological polar surface area (TPSA) is 17.1 Å². The maximum Gasteiger partial charge on any atom is 0.166 e. The molecule has 0 aromatic carbocycles. The molecule has 0 amide bonds. The third kappa shape index (κ3) is 17.5. The van der Waals surface area contributed by atoms with E-state index in [4.69, 9.17) is 0 Å². The van der Waals surface area contributed by atoms with E-state index in [9.17, 15) is 4.79 Å². The number of hydrogen-bond donors (Lipinski definition) is 0. The van der Waals surface area contributed by atoms with Crippen LogP contribution in [0.2, 0.25) is 0 Å². The van der Waals surface area contributed by atoms with Crippen molar-refractivity contribution >= 4 is 17.5 Å². The molecular weight excluding hydrogens is 264 g/mol. The summed E-state index contributed by atoms with van der Waals surface area (Å²) in [5, 5.41) is 0. The normalized spacial score (nSPS) is 12.2. The van der Waals surface area contributed by atoms with Crippen molar-refractivity contribution in [2.45, 2.75) is 87.5 Å². The SMILES string of the molecule is CC.CC.CC(=O)C1=CCC=C(C)S1.CCCCCC. The molecule has 0 aromatic rings. The summed E-state index contributed by atoms with van der Waals surface area (Å²) < 4.78 is 0. The molecule has 0 atom stereocenters. The summed E-state index contributed by atoms with van der Waals surface area (Å²) in [4.78, 5) is 12.9. The fourth-order valence-corrected chi connectivity index (χ4v) is 2.15. The molecule has 1 rings (SSSR count). The number of carbonyl (C=O) groups is 1. The van der Waals surface area contributed by atoms with Crippen molar-refractivity contribution in [1.29, 1.82) is 0 Å². The van der Waals surface area contributed by atoms with Crippen LogP contribution in [0.25, 0.3) is 0 Å². The average Bonchev–Trinajstić information content (AvgIpc) is 2.50. The van der Waals surface area contributed by atoms with Crippen molar-refractivity contribution in [2.75, 3.05) is 0 Å². The molecule has 1 aliphatic heterocycles. The Hall–Kier alpha value is -0.500. The number of hydrogen-bond acceptors (Lipinski definition) is 2. The third-order valence-corrected chi connectivity index (χ3v) is 3.45.